The van der Waals surface area contributed by atoms with E-state index in [2.05, 4.69) is 39.8 Å². The van der Waals surface area contributed by atoms with Crippen LogP contribution in [0.15, 0.2) is 91.3 Å². The van der Waals surface area contributed by atoms with Crippen molar-refractivity contribution in [3.63, 3.8) is 0 Å². The molecule has 0 bridgehead atoms. The van der Waals surface area contributed by atoms with Crippen LogP contribution in [0.1, 0.15) is 31.0 Å². The Morgan fingerprint density at radius 2 is 1.76 bits per heavy atom. The lowest BCUT2D eigenvalue weighted by Crippen LogP contribution is -2.11. The summed E-state index contributed by atoms with van der Waals surface area (Å²) in [5, 5.41) is 9.29. The van der Waals surface area contributed by atoms with Crippen LogP contribution in [0.5, 0.6) is 0 Å². The molecule has 10 heteroatoms. The van der Waals surface area contributed by atoms with Gasteiger partial charge < -0.3 is 31.0 Å². The summed E-state index contributed by atoms with van der Waals surface area (Å²) >= 11 is 0. The highest BCUT2D eigenvalue weighted by molar-refractivity contribution is 6.03. The van der Waals surface area contributed by atoms with Crippen molar-refractivity contribution in [2.24, 2.45) is 0 Å². The van der Waals surface area contributed by atoms with Gasteiger partial charge in [-0.15, -0.1) is 0 Å². The molecule has 0 spiro atoms. The minimum Gasteiger partial charge on any atom is -0.397 e. The summed E-state index contributed by atoms with van der Waals surface area (Å²) < 4.78 is 7.85. The fraction of sp³-hybridized carbons (Fsp3) is 0.161. The average Bonchev–Trinajstić information content (AvgIpc) is 3.41. The van der Waals surface area contributed by atoms with Crippen LogP contribution in [0.2, 0.25) is 0 Å². The van der Waals surface area contributed by atoms with E-state index >= 15 is 0 Å². The third-order valence-electron chi connectivity index (χ3n) is 6.24. The van der Waals surface area contributed by atoms with Crippen LogP contribution in [0.4, 0.5) is 28.8 Å². The first-order valence-corrected chi connectivity index (χ1v) is 13.3. The summed E-state index contributed by atoms with van der Waals surface area (Å²) in [5.41, 5.74) is 11.2. The number of aromatic nitrogens is 4. The third-order valence-corrected chi connectivity index (χ3v) is 6.24. The maximum atomic E-state index is 12.2. The molecule has 10 nitrogen and oxygen atoms in total. The molecule has 0 fully saturated rings. The van der Waals surface area contributed by atoms with E-state index in [0.29, 0.717) is 35.3 Å². The van der Waals surface area contributed by atoms with Gasteiger partial charge in [0, 0.05) is 17.8 Å². The van der Waals surface area contributed by atoms with Crippen LogP contribution < -0.4 is 21.7 Å². The topological polar surface area (TPSA) is 132 Å². The molecule has 3 aromatic carbocycles. The molecule has 2 aromatic heterocycles. The van der Waals surface area contributed by atoms with E-state index in [-0.39, 0.29) is 18.7 Å². The molecule has 0 radical (unpaired) electrons. The fourth-order valence-electron chi connectivity index (χ4n) is 4.09. The first-order chi connectivity index (χ1) is 20.0. The van der Waals surface area contributed by atoms with Gasteiger partial charge in [0.2, 0.25) is 11.9 Å². The van der Waals surface area contributed by atoms with Gasteiger partial charge in [0.25, 0.3) is 0 Å². The molecule has 0 aliphatic carbocycles. The molecule has 5 N–H and O–H groups in total. The van der Waals surface area contributed by atoms with Crippen molar-refractivity contribution < 1.29 is 9.53 Å². The predicted octanol–water partition coefficient (Wildman–Crippen LogP) is 5.97. The number of hydrogen-bond acceptors (Lipinski definition) is 8. The van der Waals surface area contributed by atoms with Gasteiger partial charge in [-0.25, -0.2) is 4.98 Å². The molecular formula is C31H32N8O2. The minimum absolute atomic E-state index is 0.193. The summed E-state index contributed by atoms with van der Waals surface area (Å²) in [6.45, 7) is 4.78. The van der Waals surface area contributed by atoms with Crippen LogP contribution in [0.25, 0.3) is 17.2 Å². The monoisotopic (exact) mass is 548 g/mol. The summed E-state index contributed by atoms with van der Waals surface area (Å²) in [6, 6.07) is 24.9. The highest BCUT2D eigenvalue weighted by Gasteiger charge is 2.15. The maximum absolute atomic E-state index is 12.2. The van der Waals surface area contributed by atoms with Crippen molar-refractivity contribution in [3.8, 4) is 0 Å². The number of nitrogen functional groups attached to an aromatic ring is 1. The van der Waals surface area contributed by atoms with E-state index < -0.39 is 0 Å². The summed E-state index contributed by atoms with van der Waals surface area (Å²) in [7, 11) is 0. The van der Waals surface area contributed by atoms with E-state index in [9.17, 15) is 4.79 Å². The molecule has 5 aromatic rings. The smallest absolute Gasteiger partial charge is 0.248 e. The van der Waals surface area contributed by atoms with Crippen LogP contribution in [-0.4, -0.2) is 32.2 Å². The Bertz CT molecular complexity index is 1650. The van der Waals surface area contributed by atoms with Gasteiger partial charge in [-0.1, -0.05) is 54.6 Å². The lowest BCUT2D eigenvalue weighted by molar-refractivity contribution is -0.111. The van der Waals surface area contributed by atoms with E-state index in [4.69, 9.17) is 15.5 Å². The number of para-hydroxylation sites is 3. The number of nitrogens with zero attached hydrogens (tertiary/aromatic N) is 4. The van der Waals surface area contributed by atoms with E-state index in [1.807, 2.05) is 71.3 Å². The summed E-state index contributed by atoms with van der Waals surface area (Å²) in [4.78, 5) is 26.1. The molecule has 0 saturated heterocycles. The van der Waals surface area contributed by atoms with Crippen molar-refractivity contribution in [1.82, 2.24) is 19.5 Å². The van der Waals surface area contributed by atoms with Gasteiger partial charge in [-0.3, -0.25) is 4.79 Å². The zero-order valence-electron chi connectivity index (χ0n) is 22.9. The van der Waals surface area contributed by atoms with Crippen molar-refractivity contribution in [3.05, 3.63) is 102 Å². The number of nitrogens with one attached hydrogen (secondary N) is 3. The van der Waals surface area contributed by atoms with Gasteiger partial charge in [-0.05, 0) is 55.3 Å². The molecule has 0 saturated carbocycles. The zero-order chi connectivity index (χ0) is 28.6. The molecule has 0 aliphatic heterocycles. The molecule has 0 atom stereocenters. The Morgan fingerprint density at radius 3 is 2.51 bits per heavy atom. The van der Waals surface area contributed by atoms with Gasteiger partial charge in [-0.2, -0.15) is 9.97 Å². The lowest BCUT2D eigenvalue weighted by atomic mass is 10.1. The van der Waals surface area contributed by atoms with E-state index in [0.717, 1.165) is 22.5 Å². The molecule has 5 rings (SSSR count). The second-order valence-electron chi connectivity index (χ2n) is 9.63. The number of nitrogens with two attached hydrogens (primary N) is 1. The van der Waals surface area contributed by atoms with E-state index in [1.54, 1.807) is 24.5 Å². The van der Waals surface area contributed by atoms with Gasteiger partial charge >= 0.3 is 0 Å². The average molecular weight is 549 g/mol. The standard InChI is InChI=1S/C31H32N8O2/c1-21(2)39-19-33-28-29(35-24-8-4-3-5-9-24)37-31(38-30(28)39)34-20-41-18-23-14-12-22(13-15-23)16-17-27(40)36-26-11-7-6-10-25(26)32/h3-17,19,21H,18,20,32H2,1-2H3,(H,36,40)(H2,34,35,37,38)/b17-16+. The molecule has 0 unspecified atom stereocenters. The summed E-state index contributed by atoms with van der Waals surface area (Å²) in [5.74, 6) is 0.808. The minimum atomic E-state index is -0.250. The first kappa shape index (κ1) is 27.4. The number of anilines is 5. The predicted molar refractivity (Wildman–Crippen MR) is 164 cm³/mol. The molecule has 41 heavy (non-hydrogen) atoms. The SMILES string of the molecule is CC(C)n1cnc2c(Nc3ccccc3)nc(NCOCc3ccc(/C=C/C(=O)Nc4ccccc4N)cc3)nc21. The van der Waals surface area contributed by atoms with Crippen molar-refractivity contribution >= 4 is 52.0 Å². The largest absolute Gasteiger partial charge is 0.397 e. The molecule has 2 heterocycles. The maximum Gasteiger partial charge on any atom is 0.248 e. The Hall–Kier alpha value is -5.22. The van der Waals surface area contributed by atoms with Crippen molar-refractivity contribution in [2.45, 2.75) is 26.5 Å². The van der Waals surface area contributed by atoms with Gasteiger partial charge in [0.1, 0.15) is 6.73 Å². The fourth-order valence-corrected chi connectivity index (χ4v) is 4.09. The molecule has 1 amide bonds. The lowest BCUT2D eigenvalue weighted by Gasteiger charge is -2.12. The first-order valence-electron chi connectivity index (χ1n) is 13.3. The Labute approximate surface area is 238 Å². The number of rotatable bonds is 11. The number of fused-ring (bicyclic) bond motifs is 1. The van der Waals surface area contributed by atoms with Crippen LogP contribution >= 0.6 is 0 Å². The second kappa shape index (κ2) is 12.8. The Kier molecular flexibility index (Phi) is 8.51. The van der Waals surface area contributed by atoms with Crippen molar-refractivity contribution in [1.29, 1.82) is 0 Å². The third kappa shape index (κ3) is 7.06. The van der Waals surface area contributed by atoms with Crippen LogP contribution in [0.3, 0.4) is 0 Å². The molecule has 0 aliphatic rings. The number of carbonyl (C=O) groups excluding carboxylic acids is 1. The van der Waals surface area contributed by atoms with Crippen LogP contribution in [0, 0.1) is 0 Å². The van der Waals surface area contributed by atoms with Crippen LogP contribution in [-0.2, 0) is 16.1 Å². The summed E-state index contributed by atoms with van der Waals surface area (Å²) in [6.07, 6.45) is 5.01. The quantitative estimate of drug-likeness (QED) is 0.0687. The molecular weight excluding hydrogens is 516 g/mol. The molecule has 208 valence electrons. The zero-order valence-corrected chi connectivity index (χ0v) is 22.9. The number of carbonyl (C=O) groups is 1. The Balaban J connectivity index is 1.17. The number of amides is 1. The Morgan fingerprint density at radius 1 is 1.00 bits per heavy atom. The number of benzene rings is 3. The normalized spacial score (nSPS) is 11.3. The van der Waals surface area contributed by atoms with E-state index in [1.165, 1.54) is 6.08 Å². The number of imidazole rings is 1. The van der Waals surface area contributed by atoms with Gasteiger partial charge in [0.05, 0.1) is 24.3 Å². The number of ether oxygens (including phenoxy) is 1. The number of hydrogen-bond donors (Lipinski definition) is 4. The highest BCUT2D eigenvalue weighted by atomic mass is 16.5. The van der Waals surface area contributed by atoms with Crippen molar-refractivity contribution in [2.75, 3.05) is 28.4 Å². The van der Waals surface area contributed by atoms with Gasteiger partial charge in [0.15, 0.2) is 17.0 Å². The second-order valence-corrected chi connectivity index (χ2v) is 9.63. The highest BCUT2D eigenvalue weighted by Crippen LogP contribution is 2.26.